The summed E-state index contributed by atoms with van der Waals surface area (Å²) in [6, 6.07) is 9.23. The molecule has 26 heavy (non-hydrogen) atoms. The van der Waals surface area contributed by atoms with Gasteiger partial charge in [-0.05, 0) is 38.2 Å². The minimum atomic E-state index is 0.264. The second-order valence-electron chi connectivity index (χ2n) is 7.60. The number of piperidine rings is 1. The van der Waals surface area contributed by atoms with Crippen LogP contribution in [0.1, 0.15) is 48.5 Å². The first kappa shape index (κ1) is 17.2. The number of methoxy groups -OCH3 is 1. The van der Waals surface area contributed by atoms with E-state index in [1.165, 1.54) is 5.56 Å². The molecule has 2 unspecified atom stereocenters. The zero-order valence-electron chi connectivity index (χ0n) is 15.5. The highest BCUT2D eigenvalue weighted by atomic mass is 16.5. The number of aromatic nitrogens is 3. The molecule has 0 N–H and O–H groups in total. The van der Waals surface area contributed by atoms with Crippen LogP contribution in [-0.4, -0.2) is 45.0 Å². The fourth-order valence-corrected chi connectivity index (χ4v) is 4.57. The van der Waals surface area contributed by atoms with E-state index >= 15 is 0 Å². The topological polar surface area (TPSA) is 60.2 Å². The van der Waals surface area contributed by atoms with Crippen LogP contribution in [0.3, 0.4) is 0 Å². The Hall–Kier alpha value is -2.21. The lowest BCUT2D eigenvalue weighted by atomic mass is 9.96. The number of fused-ring (bicyclic) bond motifs is 2. The molecular weight excluding hydrogens is 328 g/mol. The van der Waals surface area contributed by atoms with E-state index in [2.05, 4.69) is 34.3 Å². The maximum atomic E-state index is 12.9. The van der Waals surface area contributed by atoms with E-state index in [4.69, 9.17) is 4.74 Å². The van der Waals surface area contributed by atoms with Crippen LogP contribution in [0.2, 0.25) is 0 Å². The molecule has 6 heteroatoms. The van der Waals surface area contributed by atoms with Crippen LogP contribution in [0.4, 0.5) is 0 Å². The monoisotopic (exact) mass is 354 g/mol. The number of benzene rings is 1. The predicted octanol–water partition coefficient (Wildman–Crippen LogP) is 2.67. The van der Waals surface area contributed by atoms with E-state index in [0.717, 1.165) is 36.9 Å². The van der Waals surface area contributed by atoms with Crippen LogP contribution in [0, 0.1) is 6.92 Å². The van der Waals surface area contributed by atoms with E-state index in [1.54, 1.807) is 7.11 Å². The summed E-state index contributed by atoms with van der Waals surface area (Å²) in [5.41, 5.74) is 3.17. The fourth-order valence-electron chi connectivity index (χ4n) is 4.57. The standard InChI is InChI=1S/C20H26N4O2/c1-14-4-3-5-15(8-14)9-20(25)24-17-6-7-18(24)11-19(10-17)23-12-16(13-26-2)21-22-23/h3-5,8,12,17-19H,6-7,9-11,13H2,1-2H3. The molecule has 6 nitrogen and oxygen atoms in total. The van der Waals surface area contributed by atoms with Crippen LogP contribution in [-0.2, 0) is 22.6 Å². The average molecular weight is 354 g/mol. The second-order valence-corrected chi connectivity index (χ2v) is 7.60. The van der Waals surface area contributed by atoms with Gasteiger partial charge in [0.25, 0.3) is 0 Å². The minimum absolute atomic E-state index is 0.264. The first-order valence-electron chi connectivity index (χ1n) is 9.40. The summed E-state index contributed by atoms with van der Waals surface area (Å²) in [5.74, 6) is 0.264. The van der Waals surface area contributed by atoms with Crippen LogP contribution >= 0.6 is 0 Å². The van der Waals surface area contributed by atoms with Crippen LogP contribution < -0.4 is 0 Å². The Morgan fingerprint density at radius 1 is 1.23 bits per heavy atom. The van der Waals surface area contributed by atoms with Gasteiger partial charge in [0.15, 0.2) is 0 Å². The molecule has 2 aromatic rings. The lowest BCUT2D eigenvalue weighted by Gasteiger charge is -2.39. The van der Waals surface area contributed by atoms with E-state index < -0.39 is 0 Å². The summed E-state index contributed by atoms with van der Waals surface area (Å²) >= 11 is 0. The van der Waals surface area contributed by atoms with Crippen molar-refractivity contribution in [1.82, 2.24) is 19.9 Å². The molecule has 2 atom stereocenters. The molecule has 1 aromatic heterocycles. The lowest BCUT2D eigenvalue weighted by Crippen LogP contribution is -2.47. The average Bonchev–Trinajstić information content (AvgIpc) is 3.18. The van der Waals surface area contributed by atoms with Crippen molar-refractivity contribution in [2.24, 2.45) is 0 Å². The van der Waals surface area contributed by atoms with Gasteiger partial charge < -0.3 is 9.64 Å². The van der Waals surface area contributed by atoms with Gasteiger partial charge >= 0.3 is 0 Å². The SMILES string of the molecule is COCc1cn(C2CC3CCC(C2)N3C(=O)Cc2cccc(C)c2)nn1. The van der Waals surface area contributed by atoms with E-state index in [-0.39, 0.29) is 5.91 Å². The van der Waals surface area contributed by atoms with Gasteiger partial charge in [0.05, 0.1) is 25.3 Å². The molecule has 0 radical (unpaired) electrons. The number of nitrogens with zero attached hydrogens (tertiary/aromatic N) is 4. The van der Waals surface area contributed by atoms with Crippen molar-refractivity contribution in [3.63, 3.8) is 0 Å². The van der Waals surface area contributed by atoms with Gasteiger partial charge in [-0.25, -0.2) is 4.68 Å². The molecule has 2 bridgehead atoms. The Bertz CT molecular complexity index is 774. The van der Waals surface area contributed by atoms with Crippen molar-refractivity contribution < 1.29 is 9.53 Å². The summed E-state index contributed by atoms with van der Waals surface area (Å²) in [6.45, 7) is 2.56. The number of hydrogen-bond donors (Lipinski definition) is 0. The van der Waals surface area contributed by atoms with Crippen molar-refractivity contribution in [2.45, 2.75) is 63.8 Å². The zero-order valence-corrected chi connectivity index (χ0v) is 15.5. The minimum Gasteiger partial charge on any atom is -0.378 e. The van der Waals surface area contributed by atoms with Gasteiger partial charge in [-0.2, -0.15) is 0 Å². The van der Waals surface area contributed by atoms with Gasteiger partial charge in [0.1, 0.15) is 5.69 Å². The first-order chi connectivity index (χ1) is 12.6. The van der Waals surface area contributed by atoms with Crippen molar-refractivity contribution in [3.8, 4) is 0 Å². The molecule has 3 heterocycles. The number of hydrogen-bond acceptors (Lipinski definition) is 4. The Morgan fingerprint density at radius 3 is 2.69 bits per heavy atom. The second kappa shape index (κ2) is 7.19. The summed E-state index contributed by atoms with van der Waals surface area (Å²) in [7, 11) is 1.66. The zero-order chi connectivity index (χ0) is 18.1. The molecule has 0 saturated carbocycles. The molecule has 1 aromatic carbocycles. The summed E-state index contributed by atoms with van der Waals surface area (Å²) in [5, 5.41) is 8.46. The normalized spacial score (nSPS) is 24.8. The Labute approximate surface area is 154 Å². The molecule has 2 saturated heterocycles. The number of carbonyl (C=O) groups excluding carboxylic acids is 1. The summed E-state index contributed by atoms with van der Waals surface area (Å²) < 4.78 is 7.10. The van der Waals surface area contributed by atoms with Crippen molar-refractivity contribution in [2.75, 3.05) is 7.11 Å². The fraction of sp³-hybridized carbons (Fsp3) is 0.550. The van der Waals surface area contributed by atoms with E-state index in [0.29, 0.717) is 31.2 Å². The highest BCUT2D eigenvalue weighted by Crippen LogP contribution is 2.40. The molecule has 2 aliphatic heterocycles. The number of ether oxygens (including phenoxy) is 1. The maximum Gasteiger partial charge on any atom is 0.227 e. The van der Waals surface area contributed by atoms with Gasteiger partial charge in [-0.3, -0.25) is 4.79 Å². The van der Waals surface area contributed by atoms with Crippen LogP contribution in [0.5, 0.6) is 0 Å². The van der Waals surface area contributed by atoms with Gasteiger partial charge in [0.2, 0.25) is 5.91 Å². The molecular formula is C20H26N4O2. The molecule has 138 valence electrons. The van der Waals surface area contributed by atoms with Gasteiger partial charge in [-0.1, -0.05) is 35.0 Å². The number of amides is 1. The molecule has 0 aliphatic carbocycles. The quantitative estimate of drug-likeness (QED) is 0.828. The third kappa shape index (κ3) is 3.38. The molecule has 4 rings (SSSR count). The van der Waals surface area contributed by atoms with E-state index in [1.807, 2.05) is 23.0 Å². The summed E-state index contributed by atoms with van der Waals surface area (Å²) in [4.78, 5) is 15.1. The molecule has 0 spiro atoms. The third-order valence-corrected chi connectivity index (χ3v) is 5.66. The van der Waals surface area contributed by atoms with E-state index in [9.17, 15) is 4.79 Å². The van der Waals surface area contributed by atoms with Crippen molar-refractivity contribution in [1.29, 1.82) is 0 Å². The number of carbonyl (C=O) groups is 1. The summed E-state index contributed by atoms with van der Waals surface area (Å²) in [6.07, 6.45) is 6.61. The highest BCUT2D eigenvalue weighted by molar-refractivity contribution is 5.80. The highest BCUT2D eigenvalue weighted by Gasteiger charge is 2.43. The molecule has 1 amide bonds. The molecule has 2 aliphatic rings. The Morgan fingerprint density at radius 2 is 2.00 bits per heavy atom. The molecule has 2 fully saturated rings. The van der Waals surface area contributed by atoms with Crippen LogP contribution in [0.15, 0.2) is 30.5 Å². The first-order valence-corrected chi connectivity index (χ1v) is 9.40. The third-order valence-electron chi connectivity index (χ3n) is 5.66. The van der Waals surface area contributed by atoms with Crippen molar-refractivity contribution in [3.05, 3.63) is 47.3 Å². The van der Waals surface area contributed by atoms with Crippen molar-refractivity contribution >= 4 is 5.91 Å². The smallest absolute Gasteiger partial charge is 0.227 e. The van der Waals surface area contributed by atoms with Crippen LogP contribution in [0.25, 0.3) is 0 Å². The van der Waals surface area contributed by atoms with Gasteiger partial charge in [0, 0.05) is 19.2 Å². The Balaban J connectivity index is 1.43. The largest absolute Gasteiger partial charge is 0.378 e. The number of aryl methyl sites for hydroxylation is 1. The maximum absolute atomic E-state index is 12.9. The number of rotatable bonds is 5. The Kier molecular flexibility index (Phi) is 4.76. The predicted molar refractivity (Wildman–Crippen MR) is 97.5 cm³/mol. The lowest BCUT2D eigenvalue weighted by molar-refractivity contribution is -0.135. The van der Waals surface area contributed by atoms with Gasteiger partial charge in [-0.15, -0.1) is 5.10 Å².